The number of nitrogens with zero attached hydrogens (tertiary/aromatic N) is 1. The SMILES string of the molecule is O=C(NCC(O)C(O)c1ccc2ncsc2c1)OCc1ccccc1. The maximum atomic E-state index is 11.7. The number of ether oxygens (including phenoxy) is 1. The van der Waals surface area contributed by atoms with Crippen molar-refractivity contribution in [1.29, 1.82) is 0 Å². The molecule has 0 fully saturated rings. The van der Waals surface area contributed by atoms with E-state index >= 15 is 0 Å². The number of fused-ring (bicyclic) bond motifs is 1. The minimum absolute atomic E-state index is 0.116. The van der Waals surface area contributed by atoms with Crippen LogP contribution in [-0.4, -0.2) is 33.9 Å². The molecule has 25 heavy (non-hydrogen) atoms. The van der Waals surface area contributed by atoms with E-state index in [9.17, 15) is 15.0 Å². The number of thiazole rings is 1. The molecule has 1 heterocycles. The second-order valence-corrected chi connectivity index (χ2v) is 6.42. The van der Waals surface area contributed by atoms with E-state index in [2.05, 4.69) is 10.3 Å². The summed E-state index contributed by atoms with van der Waals surface area (Å²) in [6.07, 6.45) is -2.90. The van der Waals surface area contributed by atoms with Crippen LogP contribution in [0.2, 0.25) is 0 Å². The third-order valence-corrected chi connectivity index (χ3v) is 4.52. The van der Waals surface area contributed by atoms with Gasteiger partial charge in [0.15, 0.2) is 0 Å². The smallest absolute Gasteiger partial charge is 0.407 e. The van der Waals surface area contributed by atoms with E-state index in [1.165, 1.54) is 11.3 Å². The Kier molecular flexibility index (Phi) is 5.60. The number of benzene rings is 2. The van der Waals surface area contributed by atoms with Crippen molar-refractivity contribution in [3.63, 3.8) is 0 Å². The van der Waals surface area contributed by atoms with Crippen LogP contribution in [-0.2, 0) is 11.3 Å². The largest absolute Gasteiger partial charge is 0.445 e. The van der Waals surface area contributed by atoms with Crippen molar-refractivity contribution in [3.05, 3.63) is 65.2 Å². The van der Waals surface area contributed by atoms with E-state index in [-0.39, 0.29) is 13.2 Å². The van der Waals surface area contributed by atoms with Gasteiger partial charge in [0.2, 0.25) is 0 Å². The molecule has 7 heteroatoms. The molecule has 0 aliphatic rings. The maximum Gasteiger partial charge on any atom is 0.407 e. The van der Waals surface area contributed by atoms with Crippen LogP contribution in [0.5, 0.6) is 0 Å². The number of amides is 1. The highest BCUT2D eigenvalue weighted by molar-refractivity contribution is 7.16. The molecule has 0 saturated heterocycles. The van der Waals surface area contributed by atoms with Gasteiger partial charge in [-0.3, -0.25) is 0 Å². The number of aliphatic hydroxyl groups excluding tert-OH is 2. The lowest BCUT2D eigenvalue weighted by Crippen LogP contribution is -2.35. The fourth-order valence-electron chi connectivity index (χ4n) is 2.35. The van der Waals surface area contributed by atoms with Crippen molar-refractivity contribution in [1.82, 2.24) is 10.3 Å². The summed E-state index contributed by atoms with van der Waals surface area (Å²) in [6, 6.07) is 14.6. The number of carbonyl (C=O) groups excluding carboxylic acids is 1. The van der Waals surface area contributed by atoms with Crippen molar-refractivity contribution in [2.75, 3.05) is 6.54 Å². The zero-order valence-electron chi connectivity index (χ0n) is 13.3. The van der Waals surface area contributed by atoms with E-state index in [1.54, 1.807) is 23.7 Å². The van der Waals surface area contributed by atoms with Crippen LogP contribution >= 0.6 is 11.3 Å². The number of rotatable bonds is 6. The summed E-state index contributed by atoms with van der Waals surface area (Å²) in [6.45, 7) is 0.0306. The summed E-state index contributed by atoms with van der Waals surface area (Å²) in [5.41, 5.74) is 4.01. The van der Waals surface area contributed by atoms with E-state index in [1.807, 2.05) is 30.3 Å². The van der Waals surface area contributed by atoms with Crippen LogP contribution in [0.3, 0.4) is 0 Å². The lowest BCUT2D eigenvalue weighted by Gasteiger charge is -2.18. The Morgan fingerprint density at radius 3 is 2.80 bits per heavy atom. The molecule has 2 unspecified atom stereocenters. The van der Waals surface area contributed by atoms with Gasteiger partial charge in [0.1, 0.15) is 18.8 Å². The molecule has 0 spiro atoms. The molecule has 3 aromatic rings. The lowest BCUT2D eigenvalue weighted by molar-refractivity contribution is 0.0185. The standard InChI is InChI=1S/C18H18N2O4S/c21-15(9-19-18(23)24-10-12-4-2-1-3-5-12)17(22)13-6-7-14-16(8-13)25-11-20-14/h1-8,11,15,17,21-22H,9-10H2,(H,19,23). The second kappa shape index (κ2) is 8.06. The Hall–Kier alpha value is -2.48. The van der Waals surface area contributed by atoms with Crippen LogP contribution in [0.4, 0.5) is 4.79 Å². The van der Waals surface area contributed by atoms with Gasteiger partial charge in [-0.15, -0.1) is 11.3 Å². The van der Waals surface area contributed by atoms with Crippen LogP contribution in [0.15, 0.2) is 54.0 Å². The normalized spacial score (nSPS) is 13.4. The molecule has 2 aromatic carbocycles. The number of nitrogens with one attached hydrogen (secondary N) is 1. The van der Waals surface area contributed by atoms with Gasteiger partial charge in [0.05, 0.1) is 15.7 Å². The van der Waals surface area contributed by atoms with Gasteiger partial charge in [0.25, 0.3) is 0 Å². The van der Waals surface area contributed by atoms with Crippen molar-refractivity contribution < 1.29 is 19.7 Å². The monoisotopic (exact) mass is 358 g/mol. The third-order valence-electron chi connectivity index (χ3n) is 3.73. The zero-order chi connectivity index (χ0) is 17.6. The van der Waals surface area contributed by atoms with Gasteiger partial charge in [-0.05, 0) is 23.3 Å². The minimum atomic E-state index is -1.14. The Labute approximate surface area is 148 Å². The molecule has 0 aliphatic heterocycles. The topological polar surface area (TPSA) is 91.7 Å². The molecule has 6 nitrogen and oxygen atoms in total. The summed E-state index contributed by atoms with van der Waals surface area (Å²) in [5, 5.41) is 22.8. The summed E-state index contributed by atoms with van der Waals surface area (Å²) in [7, 11) is 0. The lowest BCUT2D eigenvalue weighted by atomic mass is 10.0. The molecule has 0 saturated carbocycles. The second-order valence-electron chi connectivity index (χ2n) is 5.53. The van der Waals surface area contributed by atoms with Crippen LogP contribution in [0.25, 0.3) is 10.2 Å². The highest BCUT2D eigenvalue weighted by Gasteiger charge is 2.20. The summed E-state index contributed by atoms with van der Waals surface area (Å²) < 4.78 is 5.99. The summed E-state index contributed by atoms with van der Waals surface area (Å²) in [5.74, 6) is 0. The molecule has 0 bridgehead atoms. The average Bonchev–Trinajstić information content (AvgIpc) is 3.12. The predicted molar refractivity (Wildman–Crippen MR) is 95.2 cm³/mol. The number of carbonyl (C=O) groups is 1. The Balaban J connectivity index is 1.49. The Morgan fingerprint density at radius 1 is 1.20 bits per heavy atom. The number of aromatic nitrogens is 1. The quantitative estimate of drug-likeness (QED) is 0.630. The fraction of sp³-hybridized carbons (Fsp3) is 0.222. The van der Waals surface area contributed by atoms with Crippen LogP contribution in [0, 0.1) is 0 Å². The first kappa shape index (κ1) is 17.3. The molecule has 1 aromatic heterocycles. The van der Waals surface area contributed by atoms with Gasteiger partial charge in [-0.2, -0.15) is 0 Å². The average molecular weight is 358 g/mol. The summed E-state index contributed by atoms with van der Waals surface area (Å²) >= 11 is 1.46. The molecule has 130 valence electrons. The molecule has 1 amide bonds. The predicted octanol–water partition coefficient (Wildman–Crippen LogP) is 2.62. The number of hydrogen-bond acceptors (Lipinski definition) is 6. The molecule has 0 aliphatic carbocycles. The van der Waals surface area contributed by atoms with E-state index in [4.69, 9.17) is 4.74 Å². The van der Waals surface area contributed by atoms with Crippen molar-refractivity contribution in [2.24, 2.45) is 0 Å². The van der Waals surface area contributed by atoms with E-state index < -0.39 is 18.3 Å². The molecule has 3 rings (SSSR count). The highest BCUT2D eigenvalue weighted by atomic mass is 32.1. The Morgan fingerprint density at radius 2 is 2.00 bits per heavy atom. The van der Waals surface area contributed by atoms with E-state index in [0.717, 1.165) is 15.8 Å². The van der Waals surface area contributed by atoms with Crippen molar-refractivity contribution in [2.45, 2.75) is 18.8 Å². The highest BCUT2D eigenvalue weighted by Crippen LogP contribution is 2.24. The molecular formula is C18H18N2O4S. The molecular weight excluding hydrogens is 340 g/mol. The van der Waals surface area contributed by atoms with E-state index in [0.29, 0.717) is 5.56 Å². The third kappa shape index (κ3) is 4.54. The number of hydrogen-bond donors (Lipinski definition) is 3. The number of alkyl carbamates (subject to hydrolysis) is 1. The minimum Gasteiger partial charge on any atom is -0.445 e. The van der Waals surface area contributed by atoms with Gasteiger partial charge >= 0.3 is 6.09 Å². The summed E-state index contributed by atoms with van der Waals surface area (Å²) in [4.78, 5) is 15.9. The number of aliphatic hydroxyl groups is 2. The molecule has 2 atom stereocenters. The fourth-order valence-corrected chi connectivity index (χ4v) is 3.08. The van der Waals surface area contributed by atoms with Crippen molar-refractivity contribution in [3.8, 4) is 0 Å². The Bertz CT molecular complexity index is 837. The van der Waals surface area contributed by atoms with Gasteiger partial charge in [-0.1, -0.05) is 36.4 Å². The molecule has 3 N–H and O–H groups in total. The van der Waals surface area contributed by atoms with Crippen LogP contribution < -0.4 is 5.32 Å². The van der Waals surface area contributed by atoms with Gasteiger partial charge in [0, 0.05) is 6.54 Å². The molecule has 0 radical (unpaired) electrons. The zero-order valence-corrected chi connectivity index (χ0v) is 14.1. The first-order valence-electron chi connectivity index (χ1n) is 7.77. The van der Waals surface area contributed by atoms with Gasteiger partial charge < -0.3 is 20.3 Å². The van der Waals surface area contributed by atoms with Gasteiger partial charge in [-0.25, -0.2) is 9.78 Å². The first-order chi connectivity index (χ1) is 12.1. The first-order valence-corrected chi connectivity index (χ1v) is 8.65. The maximum absolute atomic E-state index is 11.7. The van der Waals surface area contributed by atoms with Crippen LogP contribution in [0.1, 0.15) is 17.2 Å². The van der Waals surface area contributed by atoms with Crippen molar-refractivity contribution >= 4 is 27.6 Å².